The number of nitrogens with zero attached hydrogens (tertiary/aromatic N) is 3. The molecule has 22 heavy (non-hydrogen) atoms. The molecule has 4 rings (SSSR count). The van der Waals surface area contributed by atoms with Crippen molar-refractivity contribution in [3.8, 4) is 0 Å². The number of rotatable bonds is 5. The van der Waals surface area contributed by atoms with Crippen LogP contribution in [-0.2, 0) is 16.6 Å². The van der Waals surface area contributed by atoms with Crippen LogP contribution in [0.4, 0.5) is 0 Å². The predicted octanol–water partition coefficient (Wildman–Crippen LogP) is 1.55. The Morgan fingerprint density at radius 2 is 1.95 bits per heavy atom. The number of aromatic nitrogens is 1. The fraction of sp³-hybridized carbons (Fsp3) is 0.800. The van der Waals surface area contributed by atoms with Gasteiger partial charge in [0.05, 0.1) is 10.9 Å². The third-order valence-corrected chi connectivity index (χ3v) is 7.19. The summed E-state index contributed by atoms with van der Waals surface area (Å²) in [5.41, 5.74) is 0.973. The van der Waals surface area contributed by atoms with E-state index in [0.29, 0.717) is 19.0 Å². The van der Waals surface area contributed by atoms with Crippen LogP contribution in [0.15, 0.2) is 10.6 Å². The molecule has 1 aromatic heterocycles. The maximum absolute atomic E-state index is 12.3. The lowest BCUT2D eigenvalue weighted by molar-refractivity contribution is 0.267. The van der Waals surface area contributed by atoms with Crippen molar-refractivity contribution in [3.05, 3.63) is 17.5 Å². The molecule has 1 saturated heterocycles. The van der Waals surface area contributed by atoms with E-state index < -0.39 is 10.0 Å². The molecule has 0 aromatic carbocycles. The summed E-state index contributed by atoms with van der Waals surface area (Å²) >= 11 is 0. The molecule has 3 fully saturated rings. The minimum atomic E-state index is -3.03. The molecular formula is C15H23N3O3S. The van der Waals surface area contributed by atoms with Gasteiger partial charge in [0, 0.05) is 38.2 Å². The first-order chi connectivity index (χ1) is 10.6. The lowest BCUT2D eigenvalue weighted by Crippen LogP contribution is -2.37. The lowest BCUT2D eigenvalue weighted by atomic mass is 10.2. The highest BCUT2D eigenvalue weighted by molar-refractivity contribution is 7.90. The molecule has 0 atom stereocenters. The normalized spacial score (nSPS) is 25.3. The summed E-state index contributed by atoms with van der Waals surface area (Å²) in [6, 6.07) is 2.07. The zero-order valence-electron chi connectivity index (χ0n) is 12.8. The molecule has 0 amide bonds. The Morgan fingerprint density at radius 1 is 1.14 bits per heavy atom. The van der Waals surface area contributed by atoms with Gasteiger partial charge in [0.15, 0.2) is 0 Å². The van der Waals surface area contributed by atoms with E-state index >= 15 is 0 Å². The van der Waals surface area contributed by atoms with E-state index in [1.54, 1.807) is 4.31 Å². The molecule has 122 valence electrons. The third-order valence-electron chi connectivity index (χ3n) is 4.80. The van der Waals surface area contributed by atoms with Gasteiger partial charge >= 0.3 is 0 Å². The average Bonchev–Trinajstić information content (AvgIpc) is 3.38. The first kappa shape index (κ1) is 14.7. The van der Waals surface area contributed by atoms with Crippen LogP contribution >= 0.6 is 0 Å². The third kappa shape index (κ3) is 3.07. The average molecular weight is 325 g/mol. The molecule has 0 radical (unpaired) electrons. The fourth-order valence-corrected chi connectivity index (χ4v) is 5.00. The monoisotopic (exact) mass is 325 g/mol. The van der Waals surface area contributed by atoms with Crippen LogP contribution in [0.25, 0.3) is 0 Å². The first-order valence-corrected chi connectivity index (χ1v) is 9.80. The summed E-state index contributed by atoms with van der Waals surface area (Å²) in [5, 5.41) is 4.06. The summed E-state index contributed by atoms with van der Waals surface area (Å²) in [5.74, 6) is 1.60. The van der Waals surface area contributed by atoms with Crippen molar-refractivity contribution in [3.63, 3.8) is 0 Å². The molecule has 6 nitrogen and oxygen atoms in total. The van der Waals surface area contributed by atoms with Crippen LogP contribution in [0.3, 0.4) is 0 Å². The van der Waals surface area contributed by atoms with Gasteiger partial charge in [-0.1, -0.05) is 5.16 Å². The Kier molecular flexibility index (Phi) is 3.74. The topological polar surface area (TPSA) is 66.7 Å². The number of hydrogen-bond donors (Lipinski definition) is 0. The molecule has 0 N–H and O–H groups in total. The zero-order chi connectivity index (χ0) is 15.2. The molecule has 0 unspecified atom stereocenters. The van der Waals surface area contributed by atoms with Crippen LogP contribution in [-0.4, -0.2) is 54.2 Å². The Bertz CT molecular complexity index is 634. The van der Waals surface area contributed by atoms with Gasteiger partial charge in [-0.15, -0.1) is 0 Å². The van der Waals surface area contributed by atoms with Gasteiger partial charge in [-0.05, 0) is 38.6 Å². The van der Waals surface area contributed by atoms with Crippen molar-refractivity contribution in [1.29, 1.82) is 0 Å². The standard InChI is InChI=1S/C15H23N3O3S/c19-22(20,14-4-5-14)18-7-1-6-17(8-9-18)11-13-10-15(21-16-13)12-2-3-12/h10,12,14H,1-9,11H2. The van der Waals surface area contributed by atoms with Crippen molar-refractivity contribution >= 4 is 10.0 Å². The van der Waals surface area contributed by atoms with Crippen LogP contribution in [0.2, 0.25) is 0 Å². The maximum atomic E-state index is 12.3. The van der Waals surface area contributed by atoms with E-state index in [9.17, 15) is 8.42 Å². The second-order valence-corrected chi connectivity index (χ2v) is 8.98. The van der Waals surface area contributed by atoms with Gasteiger partial charge < -0.3 is 4.52 Å². The van der Waals surface area contributed by atoms with Gasteiger partial charge in [0.2, 0.25) is 10.0 Å². The molecule has 2 heterocycles. The van der Waals surface area contributed by atoms with Crippen LogP contribution in [0, 0.1) is 0 Å². The van der Waals surface area contributed by atoms with Crippen molar-refractivity contribution in [2.75, 3.05) is 26.2 Å². The largest absolute Gasteiger partial charge is 0.361 e. The van der Waals surface area contributed by atoms with Gasteiger partial charge in [-0.25, -0.2) is 12.7 Å². The van der Waals surface area contributed by atoms with E-state index in [1.165, 1.54) is 12.8 Å². The maximum Gasteiger partial charge on any atom is 0.217 e. The minimum Gasteiger partial charge on any atom is -0.361 e. The van der Waals surface area contributed by atoms with Crippen molar-refractivity contribution in [2.24, 2.45) is 0 Å². The molecule has 0 spiro atoms. The van der Waals surface area contributed by atoms with E-state index in [4.69, 9.17) is 4.52 Å². The molecule has 0 bridgehead atoms. The second-order valence-electron chi connectivity index (χ2n) is 6.77. The molecule has 3 aliphatic rings. The molecule has 2 aliphatic carbocycles. The quantitative estimate of drug-likeness (QED) is 0.822. The lowest BCUT2D eigenvalue weighted by Gasteiger charge is -2.20. The summed E-state index contributed by atoms with van der Waals surface area (Å²) in [4.78, 5) is 2.29. The highest BCUT2D eigenvalue weighted by atomic mass is 32.2. The van der Waals surface area contributed by atoms with Crippen molar-refractivity contribution in [2.45, 2.75) is 49.8 Å². The predicted molar refractivity (Wildman–Crippen MR) is 81.9 cm³/mol. The Labute approximate surface area is 131 Å². The van der Waals surface area contributed by atoms with E-state index in [1.807, 2.05) is 0 Å². The van der Waals surface area contributed by atoms with Gasteiger partial charge in [0.1, 0.15) is 5.76 Å². The van der Waals surface area contributed by atoms with Crippen molar-refractivity contribution < 1.29 is 12.9 Å². The molecule has 2 saturated carbocycles. The SMILES string of the molecule is O=S(=O)(C1CC1)N1CCCN(Cc2cc(C3CC3)on2)CC1. The van der Waals surface area contributed by atoms with Crippen LogP contribution in [0.5, 0.6) is 0 Å². The summed E-state index contributed by atoms with van der Waals surface area (Å²) < 4.78 is 31.8. The first-order valence-electron chi connectivity index (χ1n) is 8.30. The highest BCUT2D eigenvalue weighted by Crippen LogP contribution is 2.40. The Morgan fingerprint density at radius 3 is 2.68 bits per heavy atom. The molecular weight excluding hydrogens is 302 g/mol. The summed E-state index contributed by atoms with van der Waals surface area (Å²) in [6.07, 6.45) is 4.99. The van der Waals surface area contributed by atoms with Crippen molar-refractivity contribution in [1.82, 2.24) is 14.4 Å². The van der Waals surface area contributed by atoms with Gasteiger partial charge in [0.25, 0.3) is 0 Å². The van der Waals surface area contributed by atoms with Gasteiger partial charge in [-0.2, -0.15) is 0 Å². The van der Waals surface area contributed by atoms with E-state index in [2.05, 4.69) is 16.1 Å². The molecule has 1 aliphatic heterocycles. The van der Waals surface area contributed by atoms with Gasteiger partial charge in [-0.3, -0.25) is 4.90 Å². The fourth-order valence-electron chi connectivity index (χ4n) is 3.13. The molecule has 7 heteroatoms. The van der Waals surface area contributed by atoms with E-state index in [0.717, 1.165) is 50.4 Å². The Balaban J connectivity index is 1.35. The Hall–Kier alpha value is -0.920. The smallest absolute Gasteiger partial charge is 0.217 e. The molecule has 1 aromatic rings. The zero-order valence-corrected chi connectivity index (χ0v) is 13.6. The second kappa shape index (κ2) is 5.62. The highest BCUT2D eigenvalue weighted by Gasteiger charge is 2.40. The minimum absolute atomic E-state index is 0.101. The number of hydrogen-bond acceptors (Lipinski definition) is 5. The summed E-state index contributed by atoms with van der Waals surface area (Å²) in [7, 11) is -3.03. The number of sulfonamides is 1. The van der Waals surface area contributed by atoms with Crippen LogP contribution in [0.1, 0.15) is 49.5 Å². The summed E-state index contributed by atoms with van der Waals surface area (Å²) in [6.45, 7) is 3.71. The van der Waals surface area contributed by atoms with E-state index in [-0.39, 0.29) is 5.25 Å². The van der Waals surface area contributed by atoms with Crippen LogP contribution < -0.4 is 0 Å².